The molecular formula is C13H21N4S+. The third kappa shape index (κ3) is 3.85. The summed E-state index contributed by atoms with van der Waals surface area (Å²) in [4.78, 5) is 4.22. The summed E-state index contributed by atoms with van der Waals surface area (Å²) < 4.78 is 0.318. The summed E-state index contributed by atoms with van der Waals surface area (Å²) in [6, 6.07) is 5.73. The molecule has 0 aliphatic rings. The lowest BCUT2D eigenvalue weighted by molar-refractivity contribution is -0.847. The van der Waals surface area contributed by atoms with Crippen LogP contribution >= 0.6 is 12.2 Å². The molecule has 0 aliphatic heterocycles. The van der Waals surface area contributed by atoms with Gasteiger partial charge in [-0.3, -0.25) is 4.98 Å². The summed E-state index contributed by atoms with van der Waals surface area (Å²) in [5, 5.41) is 5.01. The summed E-state index contributed by atoms with van der Waals surface area (Å²) in [6.45, 7) is 5.87. The van der Waals surface area contributed by atoms with Crippen molar-refractivity contribution < 1.29 is 4.59 Å². The minimum absolute atomic E-state index is 0.318. The molecule has 0 saturated heterocycles. The highest BCUT2D eigenvalue weighted by Crippen LogP contribution is 2.11. The van der Waals surface area contributed by atoms with Gasteiger partial charge in [0.1, 0.15) is 19.3 Å². The van der Waals surface area contributed by atoms with Gasteiger partial charge in [0.05, 0.1) is 5.69 Å². The average molecular weight is 265 g/mol. The Hall–Kier alpha value is -1.33. The average Bonchev–Trinajstić information content (AvgIpc) is 2.37. The quantitative estimate of drug-likeness (QED) is 0.371. The molecule has 0 spiro atoms. The van der Waals surface area contributed by atoms with E-state index in [0.717, 1.165) is 31.6 Å². The van der Waals surface area contributed by atoms with Crippen molar-refractivity contribution in [3.63, 3.8) is 0 Å². The first-order valence-electron chi connectivity index (χ1n) is 6.28. The molecule has 5 heteroatoms. The number of rotatable bonds is 6. The van der Waals surface area contributed by atoms with E-state index in [1.807, 2.05) is 18.2 Å². The molecule has 1 rings (SSSR count). The van der Waals surface area contributed by atoms with Gasteiger partial charge in [-0.15, -0.1) is 4.59 Å². The number of thiocarbonyl (C=S) groups is 1. The van der Waals surface area contributed by atoms with Crippen molar-refractivity contribution in [3.8, 4) is 0 Å². The van der Waals surface area contributed by atoms with Crippen molar-refractivity contribution in [3.05, 3.63) is 30.1 Å². The third-order valence-electron chi connectivity index (χ3n) is 2.70. The summed E-state index contributed by atoms with van der Waals surface area (Å²) in [6.07, 6.45) is 5.47. The molecule has 0 atom stereocenters. The summed E-state index contributed by atoms with van der Waals surface area (Å²) in [7, 11) is 0. The molecule has 18 heavy (non-hydrogen) atoms. The molecule has 0 bridgehead atoms. The lowest BCUT2D eigenvalue weighted by Crippen LogP contribution is -2.52. The molecule has 1 aromatic rings. The van der Waals surface area contributed by atoms with Gasteiger partial charge >= 0.3 is 0 Å². The van der Waals surface area contributed by atoms with E-state index in [1.165, 1.54) is 0 Å². The van der Waals surface area contributed by atoms with Crippen LogP contribution in [0, 0.1) is 0 Å². The molecule has 0 aliphatic carbocycles. The molecular weight excluding hydrogens is 244 g/mol. The van der Waals surface area contributed by atoms with Gasteiger partial charge in [-0.05, 0) is 25.0 Å². The Balaban J connectivity index is 2.96. The predicted octanol–water partition coefficient (Wildman–Crippen LogP) is 2.30. The monoisotopic (exact) mass is 265 g/mol. The van der Waals surface area contributed by atoms with E-state index in [0.29, 0.717) is 9.70 Å². The van der Waals surface area contributed by atoms with Gasteiger partial charge in [0.2, 0.25) is 0 Å². The van der Waals surface area contributed by atoms with Crippen LogP contribution in [0.5, 0.6) is 0 Å². The Morgan fingerprint density at radius 2 is 2.06 bits per heavy atom. The van der Waals surface area contributed by atoms with Gasteiger partial charge in [0.15, 0.2) is 0 Å². The first-order valence-corrected chi connectivity index (χ1v) is 6.69. The minimum atomic E-state index is 0.318. The fraction of sp³-hybridized carbons (Fsp3) is 0.462. The second kappa shape index (κ2) is 7.18. The highest BCUT2D eigenvalue weighted by molar-refractivity contribution is 7.79. The Morgan fingerprint density at radius 1 is 1.39 bits per heavy atom. The van der Waals surface area contributed by atoms with Gasteiger partial charge in [-0.25, -0.2) is 0 Å². The zero-order valence-electron chi connectivity index (χ0n) is 11.0. The zero-order valence-corrected chi connectivity index (χ0v) is 11.9. The molecule has 1 aromatic heterocycles. The predicted molar refractivity (Wildman–Crippen MR) is 79.2 cm³/mol. The lowest BCUT2D eigenvalue weighted by atomic mass is 10.3. The number of quaternary nitrogens is 1. The number of hydrogen-bond acceptors (Lipinski definition) is 3. The maximum absolute atomic E-state index is 5.88. The first kappa shape index (κ1) is 14.7. The van der Waals surface area contributed by atoms with Crippen LogP contribution in [0.15, 0.2) is 29.5 Å². The molecule has 4 nitrogen and oxygen atoms in total. The SMILES string of the molecule is CCC[N+](CCC)(/N=C/c1ccccn1)C(N)=S. The number of pyridine rings is 1. The molecule has 0 radical (unpaired) electrons. The summed E-state index contributed by atoms with van der Waals surface area (Å²) >= 11 is 5.19. The molecule has 0 aromatic carbocycles. The number of hydrogen-bond donors (Lipinski definition) is 1. The first-order chi connectivity index (χ1) is 8.64. The minimum Gasteiger partial charge on any atom is -0.343 e. The van der Waals surface area contributed by atoms with Gasteiger partial charge in [0, 0.05) is 18.4 Å². The molecule has 0 saturated carbocycles. The molecule has 1 heterocycles. The smallest absolute Gasteiger partial charge is 0.294 e. The van der Waals surface area contributed by atoms with Gasteiger partial charge in [-0.2, -0.15) is 0 Å². The summed E-state index contributed by atoms with van der Waals surface area (Å²) in [5.74, 6) is 0. The van der Waals surface area contributed by atoms with E-state index in [-0.39, 0.29) is 0 Å². The van der Waals surface area contributed by atoms with Crippen molar-refractivity contribution in [1.29, 1.82) is 0 Å². The van der Waals surface area contributed by atoms with E-state index in [9.17, 15) is 0 Å². The van der Waals surface area contributed by atoms with Crippen molar-refractivity contribution in [2.75, 3.05) is 13.1 Å². The topological polar surface area (TPSA) is 51.3 Å². The Bertz CT molecular complexity index is 397. The number of nitrogens with zero attached hydrogens (tertiary/aromatic N) is 3. The molecule has 0 unspecified atom stereocenters. The number of nitrogens with two attached hydrogens (primary N) is 1. The Morgan fingerprint density at radius 3 is 2.50 bits per heavy atom. The molecule has 0 fully saturated rings. The van der Waals surface area contributed by atoms with Crippen LogP contribution in [0.3, 0.4) is 0 Å². The van der Waals surface area contributed by atoms with E-state index in [2.05, 4.69) is 23.9 Å². The maximum Gasteiger partial charge on any atom is 0.294 e. The van der Waals surface area contributed by atoms with Crippen LogP contribution in [-0.4, -0.2) is 34.0 Å². The van der Waals surface area contributed by atoms with E-state index in [1.54, 1.807) is 12.4 Å². The van der Waals surface area contributed by atoms with Gasteiger partial charge < -0.3 is 5.73 Å². The fourth-order valence-electron chi connectivity index (χ4n) is 1.87. The highest BCUT2D eigenvalue weighted by atomic mass is 32.1. The van der Waals surface area contributed by atoms with Crippen LogP contribution in [0.25, 0.3) is 0 Å². The second-order valence-electron chi connectivity index (χ2n) is 4.21. The van der Waals surface area contributed by atoms with Crippen molar-refractivity contribution in [2.24, 2.45) is 10.8 Å². The van der Waals surface area contributed by atoms with Crippen LogP contribution in [-0.2, 0) is 0 Å². The van der Waals surface area contributed by atoms with E-state index in [4.69, 9.17) is 18.0 Å². The van der Waals surface area contributed by atoms with E-state index >= 15 is 0 Å². The Kier molecular flexibility index (Phi) is 5.88. The van der Waals surface area contributed by atoms with Gasteiger partial charge in [-0.1, -0.05) is 25.0 Å². The fourth-order valence-corrected chi connectivity index (χ4v) is 2.10. The normalized spacial score (nSPS) is 11.9. The van der Waals surface area contributed by atoms with Crippen LogP contribution < -0.4 is 5.73 Å². The second-order valence-corrected chi connectivity index (χ2v) is 4.63. The maximum atomic E-state index is 5.88. The zero-order chi connectivity index (χ0) is 13.4. The van der Waals surface area contributed by atoms with Gasteiger partial charge in [0.25, 0.3) is 5.11 Å². The van der Waals surface area contributed by atoms with Crippen LogP contribution in [0.2, 0.25) is 0 Å². The van der Waals surface area contributed by atoms with Crippen molar-refractivity contribution in [2.45, 2.75) is 26.7 Å². The molecule has 2 N–H and O–H groups in total. The lowest BCUT2D eigenvalue weighted by Gasteiger charge is -2.28. The van der Waals surface area contributed by atoms with Crippen LogP contribution in [0.4, 0.5) is 0 Å². The molecule has 98 valence electrons. The van der Waals surface area contributed by atoms with Crippen LogP contribution in [0.1, 0.15) is 32.4 Å². The molecule has 0 amide bonds. The third-order valence-corrected chi connectivity index (χ3v) is 3.04. The standard InChI is InChI=1S/C13H20N4S/c1-3-9-17(10-4-2,13(14)18)16-11-12-7-5-6-8-15-12/h5-8,11H,3-4,9-10H2,1-2H3,(H-,14,18)/p+1/b16-11+. The number of aromatic nitrogens is 1. The van der Waals surface area contributed by atoms with Crippen molar-refractivity contribution in [1.82, 2.24) is 4.98 Å². The Labute approximate surface area is 114 Å². The largest absolute Gasteiger partial charge is 0.343 e. The highest BCUT2D eigenvalue weighted by Gasteiger charge is 2.29. The summed E-state index contributed by atoms with van der Waals surface area (Å²) in [5.41, 5.74) is 6.70. The van der Waals surface area contributed by atoms with E-state index < -0.39 is 0 Å². The van der Waals surface area contributed by atoms with Crippen molar-refractivity contribution >= 4 is 23.5 Å².